The van der Waals surface area contributed by atoms with E-state index in [-0.39, 0.29) is 18.0 Å². The summed E-state index contributed by atoms with van der Waals surface area (Å²) in [4.78, 5) is 41.7. The number of piperazine rings is 1. The number of amides is 3. The molecule has 3 aliphatic rings. The van der Waals surface area contributed by atoms with E-state index in [2.05, 4.69) is 37.3 Å². The Kier molecular flexibility index (Phi) is 5.03. The Hall–Kier alpha value is -3.53. The maximum absolute atomic E-state index is 13.8. The second kappa shape index (κ2) is 8.01. The Morgan fingerprint density at radius 3 is 2.91 bits per heavy atom. The predicted molar refractivity (Wildman–Crippen MR) is 131 cm³/mol. The number of anilines is 1. The zero-order valence-corrected chi connectivity index (χ0v) is 20.3. The lowest BCUT2D eigenvalue weighted by Gasteiger charge is -2.45. The summed E-state index contributed by atoms with van der Waals surface area (Å²) < 4.78 is 0. The lowest BCUT2D eigenvalue weighted by Crippen LogP contribution is -2.60. The van der Waals surface area contributed by atoms with Crippen LogP contribution in [0.25, 0.3) is 10.9 Å². The van der Waals surface area contributed by atoms with Crippen LogP contribution in [-0.4, -0.2) is 78.5 Å². The lowest BCUT2D eigenvalue weighted by atomic mass is 10.0. The highest BCUT2D eigenvalue weighted by molar-refractivity contribution is 6.04. The number of rotatable bonds is 2. The van der Waals surface area contributed by atoms with Crippen molar-refractivity contribution in [3.63, 3.8) is 0 Å². The summed E-state index contributed by atoms with van der Waals surface area (Å²) in [6.45, 7) is 9.40. The Labute approximate surface area is 203 Å². The first kappa shape index (κ1) is 22.0. The summed E-state index contributed by atoms with van der Waals surface area (Å²) in [6, 6.07) is 5.94. The first-order valence-electron chi connectivity index (χ1n) is 12.2. The van der Waals surface area contributed by atoms with Crippen LogP contribution in [0.1, 0.15) is 55.4 Å². The third-order valence-corrected chi connectivity index (χ3v) is 7.84. The van der Waals surface area contributed by atoms with Crippen LogP contribution in [0, 0.1) is 0 Å². The maximum Gasteiger partial charge on any atom is 0.321 e. The van der Waals surface area contributed by atoms with Crippen LogP contribution < -0.4 is 5.32 Å². The van der Waals surface area contributed by atoms with Gasteiger partial charge in [0.15, 0.2) is 5.82 Å². The van der Waals surface area contributed by atoms with Crippen LogP contribution in [0.2, 0.25) is 0 Å². The van der Waals surface area contributed by atoms with E-state index in [0.717, 1.165) is 42.7 Å². The molecule has 0 unspecified atom stereocenters. The van der Waals surface area contributed by atoms with E-state index in [9.17, 15) is 9.59 Å². The van der Waals surface area contributed by atoms with E-state index < -0.39 is 5.54 Å². The Balaban J connectivity index is 1.22. The fraction of sp³-hybridized carbons (Fsp3) is 0.480. The van der Waals surface area contributed by atoms with Crippen molar-refractivity contribution in [3.05, 3.63) is 47.5 Å². The number of fused-ring (bicyclic) bond motifs is 3. The third kappa shape index (κ3) is 3.54. The molecule has 182 valence electrons. The summed E-state index contributed by atoms with van der Waals surface area (Å²) in [6.07, 6.45) is 5.72. The molecule has 2 N–H and O–H groups in total. The third-order valence-electron chi connectivity index (χ3n) is 7.84. The lowest BCUT2D eigenvalue weighted by molar-refractivity contribution is 0.0454. The molecule has 0 aliphatic carbocycles. The van der Waals surface area contributed by atoms with Gasteiger partial charge >= 0.3 is 6.03 Å². The first-order valence-corrected chi connectivity index (χ1v) is 12.2. The summed E-state index contributed by atoms with van der Waals surface area (Å²) >= 11 is 0. The standard InChI is InChI=1S/C25H30N8O2/c1-15-12-31-10-4-5-17(31)13-32(15)24(35)33-14-18-21(25(33,2)3)29-30-22(18)28-23(34)20-7-6-16-11-26-9-8-19(16)27-20/h6-9,11,15,17H,4-5,10,12-14H2,1-3H3,(H2,28,29,30,34)/t15-,17-/m0/s1. The van der Waals surface area contributed by atoms with Gasteiger partial charge in [-0.25, -0.2) is 9.78 Å². The minimum Gasteiger partial charge on any atom is -0.319 e. The van der Waals surface area contributed by atoms with Crippen molar-refractivity contribution in [2.75, 3.05) is 25.0 Å². The molecular weight excluding hydrogens is 444 g/mol. The van der Waals surface area contributed by atoms with Crippen molar-refractivity contribution in [2.45, 2.75) is 57.8 Å². The highest BCUT2D eigenvalue weighted by atomic mass is 16.2. The predicted octanol–water partition coefficient (Wildman–Crippen LogP) is 2.94. The molecule has 10 nitrogen and oxygen atoms in total. The smallest absolute Gasteiger partial charge is 0.319 e. The van der Waals surface area contributed by atoms with Crippen molar-refractivity contribution in [2.24, 2.45) is 0 Å². The highest BCUT2D eigenvalue weighted by Crippen LogP contribution is 2.41. The van der Waals surface area contributed by atoms with Gasteiger partial charge in [0.1, 0.15) is 5.69 Å². The molecule has 6 rings (SSSR count). The minimum atomic E-state index is -0.566. The number of H-pyrrole nitrogens is 1. The zero-order valence-electron chi connectivity index (χ0n) is 20.3. The number of hydrogen-bond acceptors (Lipinski definition) is 6. The number of carbonyl (C=O) groups excluding carboxylic acids is 2. The van der Waals surface area contributed by atoms with Crippen LogP contribution in [0.15, 0.2) is 30.6 Å². The Bertz CT molecular complexity index is 1320. The van der Waals surface area contributed by atoms with E-state index >= 15 is 0 Å². The fourth-order valence-corrected chi connectivity index (χ4v) is 5.80. The van der Waals surface area contributed by atoms with Gasteiger partial charge in [-0.1, -0.05) is 0 Å². The quantitative estimate of drug-likeness (QED) is 0.591. The van der Waals surface area contributed by atoms with Crippen molar-refractivity contribution >= 4 is 28.7 Å². The van der Waals surface area contributed by atoms with Gasteiger partial charge in [0.2, 0.25) is 0 Å². The monoisotopic (exact) mass is 474 g/mol. The molecular formula is C25H30N8O2. The molecule has 35 heavy (non-hydrogen) atoms. The average Bonchev–Trinajstić information content (AvgIpc) is 3.53. The molecule has 0 spiro atoms. The van der Waals surface area contributed by atoms with Gasteiger partial charge in [-0.2, -0.15) is 5.10 Å². The minimum absolute atomic E-state index is 0.0423. The van der Waals surface area contributed by atoms with Gasteiger partial charge in [0, 0.05) is 48.5 Å². The van der Waals surface area contributed by atoms with Gasteiger partial charge < -0.3 is 15.1 Å². The number of aromatic nitrogens is 4. The molecule has 0 radical (unpaired) electrons. The van der Waals surface area contributed by atoms with E-state index in [1.807, 2.05) is 29.7 Å². The second-order valence-electron chi connectivity index (χ2n) is 10.4. The van der Waals surface area contributed by atoms with Crippen molar-refractivity contribution in [1.29, 1.82) is 0 Å². The SMILES string of the molecule is C[C@H]1CN2CCC[C@H]2CN1C(=O)N1Cc2c(NC(=O)c3ccc4cnccc4n3)n[nH]c2C1(C)C. The highest BCUT2D eigenvalue weighted by Gasteiger charge is 2.47. The summed E-state index contributed by atoms with van der Waals surface area (Å²) in [5.74, 6) is 0.102. The molecule has 0 saturated carbocycles. The van der Waals surface area contributed by atoms with Crippen LogP contribution >= 0.6 is 0 Å². The van der Waals surface area contributed by atoms with Gasteiger partial charge in [-0.15, -0.1) is 0 Å². The molecule has 2 saturated heterocycles. The van der Waals surface area contributed by atoms with Crippen LogP contribution in [-0.2, 0) is 12.1 Å². The average molecular weight is 475 g/mol. The molecule has 2 fully saturated rings. The van der Waals surface area contributed by atoms with Gasteiger partial charge in [-0.3, -0.25) is 19.8 Å². The zero-order chi connectivity index (χ0) is 24.3. The second-order valence-corrected chi connectivity index (χ2v) is 10.4. The van der Waals surface area contributed by atoms with Gasteiger partial charge in [0.05, 0.1) is 23.3 Å². The number of nitrogens with zero attached hydrogens (tertiary/aromatic N) is 6. The first-order chi connectivity index (χ1) is 16.8. The number of pyridine rings is 2. The Morgan fingerprint density at radius 2 is 2.06 bits per heavy atom. The van der Waals surface area contributed by atoms with Crippen molar-refractivity contribution < 1.29 is 9.59 Å². The molecule has 2 atom stereocenters. The molecule has 6 heterocycles. The molecule has 0 aromatic carbocycles. The van der Waals surface area contributed by atoms with E-state index in [4.69, 9.17) is 0 Å². The number of aromatic amines is 1. The molecule has 3 aromatic heterocycles. The number of carbonyl (C=O) groups is 2. The normalized spacial score (nSPS) is 23.4. The number of nitrogens with one attached hydrogen (secondary N) is 2. The van der Waals surface area contributed by atoms with Gasteiger partial charge in [-0.05, 0) is 58.4 Å². The topological polar surface area (TPSA) is 110 Å². The summed E-state index contributed by atoms with van der Waals surface area (Å²) in [5, 5.41) is 11.2. The molecule has 0 bridgehead atoms. The molecule has 10 heteroatoms. The summed E-state index contributed by atoms with van der Waals surface area (Å²) in [7, 11) is 0. The van der Waals surface area contributed by atoms with Crippen molar-refractivity contribution in [3.8, 4) is 0 Å². The van der Waals surface area contributed by atoms with E-state index in [1.54, 1.807) is 24.5 Å². The van der Waals surface area contributed by atoms with E-state index in [0.29, 0.717) is 29.6 Å². The maximum atomic E-state index is 13.8. The number of urea groups is 1. The van der Waals surface area contributed by atoms with Crippen molar-refractivity contribution in [1.82, 2.24) is 34.9 Å². The molecule has 3 amide bonds. The van der Waals surface area contributed by atoms with E-state index in [1.165, 1.54) is 6.42 Å². The largest absolute Gasteiger partial charge is 0.321 e. The molecule has 3 aliphatic heterocycles. The Morgan fingerprint density at radius 1 is 1.20 bits per heavy atom. The number of hydrogen-bond donors (Lipinski definition) is 2. The van der Waals surface area contributed by atoms with Crippen LogP contribution in [0.5, 0.6) is 0 Å². The van der Waals surface area contributed by atoms with Gasteiger partial charge in [0.25, 0.3) is 5.91 Å². The van der Waals surface area contributed by atoms with Crippen LogP contribution in [0.4, 0.5) is 10.6 Å². The van der Waals surface area contributed by atoms with Crippen LogP contribution in [0.3, 0.4) is 0 Å². The molecule has 3 aromatic rings. The summed E-state index contributed by atoms with van der Waals surface area (Å²) in [5.41, 5.74) is 2.13. The fourth-order valence-electron chi connectivity index (χ4n) is 5.80.